The molecule has 0 radical (unpaired) electrons. The molecule has 1 aliphatic carbocycles. The van der Waals surface area contributed by atoms with Crippen molar-refractivity contribution in [2.24, 2.45) is 5.73 Å². The Morgan fingerprint density at radius 1 is 1.25 bits per heavy atom. The van der Waals surface area contributed by atoms with E-state index in [1.54, 1.807) is 0 Å². The Balaban J connectivity index is 2.01. The molecule has 10 nitrogen and oxygen atoms in total. The van der Waals surface area contributed by atoms with Gasteiger partial charge in [0, 0.05) is 25.5 Å². The van der Waals surface area contributed by atoms with E-state index in [1.165, 1.54) is 24.5 Å². The fourth-order valence-corrected chi connectivity index (χ4v) is 5.08. The Hall–Kier alpha value is -3.60. The molecule has 3 N–H and O–H groups in total. The van der Waals surface area contributed by atoms with Crippen LogP contribution in [0, 0.1) is 11.3 Å². The van der Waals surface area contributed by atoms with Crippen LogP contribution in [0.2, 0.25) is 10.0 Å². The van der Waals surface area contributed by atoms with Crippen LogP contribution >= 0.6 is 23.2 Å². The highest BCUT2D eigenvalue weighted by Gasteiger charge is 2.46. The van der Waals surface area contributed by atoms with E-state index >= 15 is 0 Å². The SMILES string of the molecule is CN(/C(=C(\C#N)C(=O)N(CC(=O)c1c(Cl)cncc1Cl)Cc1ccco1)C(F)(F)F)[C@H]1CC[C@](N)(C(=O)O)CC1. The van der Waals surface area contributed by atoms with Gasteiger partial charge < -0.3 is 25.1 Å². The third-order valence-corrected chi connectivity index (χ3v) is 7.26. The Kier molecular flexibility index (Phi) is 9.50. The number of carbonyl (C=O) groups is 3. The number of carboxylic acid groups (broad SMARTS) is 1. The van der Waals surface area contributed by atoms with Crippen molar-refractivity contribution in [2.75, 3.05) is 13.6 Å². The van der Waals surface area contributed by atoms with E-state index in [-0.39, 0.29) is 47.1 Å². The number of nitrogens with two attached hydrogens (primary N) is 1. The number of furan rings is 1. The van der Waals surface area contributed by atoms with Crippen LogP contribution in [-0.2, 0) is 16.1 Å². The lowest BCUT2D eigenvalue weighted by atomic mass is 9.79. The van der Waals surface area contributed by atoms with E-state index < -0.39 is 59.8 Å². The van der Waals surface area contributed by atoms with Gasteiger partial charge in [-0.1, -0.05) is 23.2 Å². The van der Waals surface area contributed by atoms with E-state index in [0.717, 1.165) is 29.2 Å². The number of hydrogen-bond donors (Lipinski definition) is 2. The van der Waals surface area contributed by atoms with Crippen LogP contribution in [0.25, 0.3) is 0 Å². The van der Waals surface area contributed by atoms with Crippen LogP contribution in [0.5, 0.6) is 0 Å². The number of halogens is 5. The van der Waals surface area contributed by atoms with Crippen molar-refractivity contribution in [3.05, 3.63) is 63.4 Å². The van der Waals surface area contributed by atoms with Crippen LogP contribution in [0.1, 0.15) is 41.8 Å². The summed E-state index contributed by atoms with van der Waals surface area (Å²) in [5.74, 6) is -3.33. The van der Waals surface area contributed by atoms with Crippen molar-refractivity contribution in [1.82, 2.24) is 14.8 Å². The number of carbonyl (C=O) groups excluding carboxylic acids is 2. The molecule has 1 fully saturated rings. The molecule has 0 aliphatic heterocycles. The van der Waals surface area contributed by atoms with Crippen molar-refractivity contribution in [3.63, 3.8) is 0 Å². The predicted octanol–water partition coefficient (Wildman–Crippen LogP) is 4.19. The summed E-state index contributed by atoms with van der Waals surface area (Å²) in [5.41, 5.74) is 1.29. The van der Waals surface area contributed by atoms with Crippen molar-refractivity contribution < 1.29 is 37.1 Å². The van der Waals surface area contributed by atoms with Crippen LogP contribution in [0.3, 0.4) is 0 Å². The maximum atomic E-state index is 14.4. The normalized spacial score (nSPS) is 19.8. The fourth-order valence-electron chi connectivity index (χ4n) is 4.50. The minimum absolute atomic E-state index is 0.0284. The number of alkyl halides is 3. The largest absolute Gasteiger partial charge is 0.480 e. The van der Waals surface area contributed by atoms with Crippen molar-refractivity contribution >= 4 is 40.9 Å². The zero-order valence-electron chi connectivity index (χ0n) is 21.0. The number of aliphatic carboxylic acids is 1. The van der Waals surface area contributed by atoms with Gasteiger partial charge in [0.05, 0.1) is 35.0 Å². The Labute approximate surface area is 236 Å². The average molecular weight is 602 g/mol. The molecule has 15 heteroatoms. The summed E-state index contributed by atoms with van der Waals surface area (Å²) in [5, 5.41) is 18.9. The molecule has 1 aliphatic rings. The minimum Gasteiger partial charge on any atom is -0.480 e. The van der Waals surface area contributed by atoms with E-state index in [2.05, 4.69) is 4.98 Å². The van der Waals surface area contributed by atoms with Crippen LogP contribution in [0.15, 0.2) is 46.5 Å². The highest BCUT2D eigenvalue weighted by molar-refractivity contribution is 6.39. The van der Waals surface area contributed by atoms with Crippen molar-refractivity contribution in [2.45, 2.75) is 50.0 Å². The summed E-state index contributed by atoms with van der Waals surface area (Å²) < 4.78 is 48.4. The average Bonchev–Trinajstić information content (AvgIpc) is 3.39. The number of carboxylic acids is 1. The zero-order valence-corrected chi connectivity index (χ0v) is 22.6. The fraction of sp³-hybridized carbons (Fsp3) is 0.400. The molecule has 1 saturated carbocycles. The monoisotopic (exact) mass is 601 g/mol. The second-order valence-corrected chi connectivity index (χ2v) is 10.1. The maximum absolute atomic E-state index is 14.4. The number of allylic oxidation sites excluding steroid dienone is 1. The van der Waals surface area contributed by atoms with E-state index in [0.29, 0.717) is 0 Å². The topological polar surface area (TPSA) is 154 Å². The van der Waals surface area contributed by atoms with Gasteiger partial charge in [-0.2, -0.15) is 18.4 Å². The van der Waals surface area contributed by atoms with Crippen LogP contribution in [-0.4, -0.2) is 68.9 Å². The second kappa shape index (κ2) is 12.3. The smallest absolute Gasteiger partial charge is 0.432 e. The molecule has 0 atom stereocenters. The molecule has 1 amide bonds. The number of hydrogen-bond acceptors (Lipinski definition) is 8. The molecular formula is C25H24Cl2F3N5O5. The number of Topliss-reactive ketones (excluding diaryl/α,β-unsaturated/α-hetero) is 1. The lowest BCUT2D eigenvalue weighted by molar-refractivity contribution is -0.145. The molecule has 0 aromatic carbocycles. The lowest BCUT2D eigenvalue weighted by Gasteiger charge is -2.40. The number of nitriles is 1. The lowest BCUT2D eigenvalue weighted by Crippen LogP contribution is -2.53. The van der Waals surface area contributed by atoms with Gasteiger partial charge in [-0.25, -0.2) is 0 Å². The van der Waals surface area contributed by atoms with Crippen LogP contribution in [0.4, 0.5) is 13.2 Å². The first-order chi connectivity index (χ1) is 18.7. The van der Waals surface area contributed by atoms with Gasteiger partial charge >= 0.3 is 12.1 Å². The van der Waals surface area contributed by atoms with Gasteiger partial charge in [0.1, 0.15) is 28.6 Å². The van der Waals surface area contributed by atoms with Gasteiger partial charge in [0.25, 0.3) is 5.91 Å². The van der Waals surface area contributed by atoms with E-state index in [4.69, 9.17) is 33.4 Å². The minimum atomic E-state index is -5.16. The van der Waals surface area contributed by atoms with Gasteiger partial charge in [0.15, 0.2) is 5.78 Å². The molecule has 0 bridgehead atoms. The van der Waals surface area contributed by atoms with Crippen molar-refractivity contribution in [3.8, 4) is 6.07 Å². The third-order valence-electron chi connectivity index (χ3n) is 6.69. The Bertz CT molecular complexity index is 1330. The predicted molar refractivity (Wildman–Crippen MR) is 136 cm³/mol. The standard InChI is InChI=1S/C25H24Cl2F3N5O5/c1-34(14-4-6-24(32,7-5-14)23(38)39)21(25(28,29)30)16(9-31)22(37)35(12-15-3-2-8-40-15)13-19(36)20-17(26)10-33-11-18(20)27/h2-3,8,10-11,14H,4-7,12-13,32H2,1H3,(H,38,39)/b21-16+/t14-,24+. The molecule has 40 heavy (non-hydrogen) atoms. The molecule has 2 aromatic rings. The third kappa shape index (κ3) is 6.75. The number of pyridine rings is 1. The summed E-state index contributed by atoms with van der Waals surface area (Å²) in [4.78, 5) is 43.3. The molecular weight excluding hydrogens is 578 g/mol. The van der Waals surface area contributed by atoms with Gasteiger partial charge in [-0.15, -0.1) is 0 Å². The summed E-state index contributed by atoms with van der Waals surface area (Å²) in [6.45, 7) is -1.24. The first-order valence-electron chi connectivity index (χ1n) is 11.8. The van der Waals surface area contributed by atoms with Gasteiger partial charge in [-0.3, -0.25) is 19.4 Å². The van der Waals surface area contributed by atoms with Crippen molar-refractivity contribution in [1.29, 1.82) is 5.26 Å². The Morgan fingerprint density at radius 2 is 1.85 bits per heavy atom. The highest BCUT2D eigenvalue weighted by Crippen LogP contribution is 2.37. The molecule has 214 valence electrons. The summed E-state index contributed by atoms with van der Waals surface area (Å²) in [6.07, 6.45) is -1.88. The summed E-state index contributed by atoms with van der Waals surface area (Å²) in [6, 6.07) is 3.41. The first-order valence-corrected chi connectivity index (χ1v) is 12.6. The zero-order chi connectivity index (χ0) is 29.8. The van der Waals surface area contributed by atoms with Gasteiger partial charge in [0.2, 0.25) is 0 Å². The molecule has 0 saturated heterocycles. The first kappa shape index (κ1) is 30.9. The molecule has 0 unspecified atom stereocenters. The number of rotatable bonds is 9. The van der Waals surface area contributed by atoms with E-state index in [9.17, 15) is 37.9 Å². The second-order valence-electron chi connectivity index (χ2n) is 9.28. The quantitative estimate of drug-likeness (QED) is 0.244. The van der Waals surface area contributed by atoms with E-state index in [1.807, 2.05) is 0 Å². The number of amides is 1. The highest BCUT2D eigenvalue weighted by atomic mass is 35.5. The Morgan fingerprint density at radius 3 is 2.33 bits per heavy atom. The molecule has 2 aromatic heterocycles. The van der Waals surface area contributed by atoms with Crippen LogP contribution < -0.4 is 5.73 Å². The molecule has 3 rings (SSSR count). The summed E-state index contributed by atoms with van der Waals surface area (Å²) >= 11 is 12.1. The number of aromatic nitrogens is 1. The molecule has 2 heterocycles. The summed E-state index contributed by atoms with van der Waals surface area (Å²) in [7, 11) is 1.07. The maximum Gasteiger partial charge on any atom is 0.432 e. The van der Waals surface area contributed by atoms with Gasteiger partial charge in [-0.05, 0) is 37.8 Å². The number of nitrogens with zero attached hydrogens (tertiary/aromatic N) is 4. The number of ketones is 1. The molecule has 0 spiro atoms.